The van der Waals surface area contributed by atoms with E-state index in [1.54, 1.807) is 13.0 Å². The van der Waals surface area contributed by atoms with Gasteiger partial charge in [-0.2, -0.15) is 0 Å². The lowest BCUT2D eigenvalue weighted by atomic mass is 10.1. The van der Waals surface area contributed by atoms with Gasteiger partial charge in [-0.1, -0.05) is 13.3 Å². The molecule has 0 saturated heterocycles. The zero-order chi connectivity index (χ0) is 18.8. The van der Waals surface area contributed by atoms with Crippen LogP contribution in [0.5, 0.6) is 0 Å². The first-order chi connectivity index (χ1) is 12.4. The Morgan fingerprint density at radius 2 is 2.04 bits per heavy atom. The van der Waals surface area contributed by atoms with Crippen LogP contribution in [0, 0.1) is 12.7 Å². The first-order valence-corrected chi connectivity index (χ1v) is 9.27. The molecule has 0 aliphatic rings. The number of Topliss-reactive ketones (excluding diaryl/α,β-unsaturated/α-hetero) is 1. The highest BCUT2D eigenvalue weighted by Gasteiger charge is 2.15. The molecule has 0 aliphatic heterocycles. The Hall–Kier alpha value is -2.54. The predicted molar refractivity (Wildman–Crippen MR) is 101 cm³/mol. The standard InChI is InChI=1S/C19H19FN2O3S/c1-3-4-5-13-9-14-17(26-13)21-19(25)22(18(14)24)10-16(23)12-6-7-15(20)11(2)8-12/h6-9H,3-5,10H2,1-2H3,(H,21,25). The molecular formula is C19H19FN2O3S. The summed E-state index contributed by atoms with van der Waals surface area (Å²) in [5.41, 5.74) is -0.483. The van der Waals surface area contributed by atoms with Crippen LogP contribution in [0.1, 0.15) is 40.6 Å². The van der Waals surface area contributed by atoms with Crippen LogP contribution in [0.3, 0.4) is 0 Å². The third kappa shape index (κ3) is 3.53. The fourth-order valence-electron chi connectivity index (χ4n) is 2.77. The molecule has 7 heteroatoms. The minimum atomic E-state index is -0.612. The number of hydrogen-bond donors (Lipinski definition) is 1. The highest BCUT2D eigenvalue weighted by atomic mass is 32.1. The summed E-state index contributed by atoms with van der Waals surface area (Å²) in [5, 5.41) is 0.420. The Labute approximate surface area is 153 Å². The second-order valence-corrected chi connectivity index (χ2v) is 7.40. The monoisotopic (exact) mass is 374 g/mol. The molecule has 5 nitrogen and oxygen atoms in total. The van der Waals surface area contributed by atoms with Gasteiger partial charge in [0.05, 0.1) is 11.9 Å². The van der Waals surface area contributed by atoms with Crippen LogP contribution in [-0.2, 0) is 13.0 Å². The molecule has 0 atom stereocenters. The topological polar surface area (TPSA) is 71.9 Å². The number of nitrogens with one attached hydrogen (secondary N) is 1. The molecule has 0 amide bonds. The minimum absolute atomic E-state index is 0.268. The average molecular weight is 374 g/mol. The molecule has 0 saturated carbocycles. The van der Waals surface area contributed by atoms with Gasteiger partial charge in [-0.05, 0) is 49.6 Å². The molecule has 0 bridgehead atoms. The molecule has 2 heterocycles. The van der Waals surface area contributed by atoms with Gasteiger partial charge >= 0.3 is 5.69 Å². The number of nitrogens with zero attached hydrogens (tertiary/aromatic N) is 1. The number of benzene rings is 1. The molecule has 0 fully saturated rings. The fraction of sp³-hybridized carbons (Fsp3) is 0.316. The van der Waals surface area contributed by atoms with Gasteiger partial charge in [0.1, 0.15) is 10.6 Å². The number of fused-ring (bicyclic) bond motifs is 1. The number of ketones is 1. The van der Waals surface area contributed by atoms with Crippen LogP contribution in [0.2, 0.25) is 0 Å². The Morgan fingerprint density at radius 1 is 1.27 bits per heavy atom. The predicted octanol–water partition coefficient (Wildman–Crippen LogP) is 3.42. The molecule has 0 aliphatic carbocycles. The molecule has 0 spiro atoms. The summed E-state index contributed by atoms with van der Waals surface area (Å²) in [5.74, 6) is -0.822. The van der Waals surface area contributed by atoms with E-state index < -0.39 is 22.8 Å². The van der Waals surface area contributed by atoms with Crippen LogP contribution < -0.4 is 11.2 Å². The van der Waals surface area contributed by atoms with E-state index in [1.807, 2.05) is 0 Å². The van der Waals surface area contributed by atoms with E-state index in [0.717, 1.165) is 28.7 Å². The minimum Gasteiger partial charge on any atom is -0.298 e. The SMILES string of the molecule is CCCCc1cc2c(=O)n(CC(=O)c3ccc(F)c(C)c3)c(=O)[nH]c2s1. The number of aromatic nitrogens is 2. The van der Waals surface area contributed by atoms with Gasteiger partial charge in [0, 0.05) is 10.4 Å². The van der Waals surface area contributed by atoms with Crippen molar-refractivity contribution in [1.29, 1.82) is 0 Å². The molecule has 136 valence electrons. The smallest absolute Gasteiger partial charge is 0.298 e. The Morgan fingerprint density at radius 3 is 2.73 bits per heavy atom. The highest BCUT2D eigenvalue weighted by molar-refractivity contribution is 7.18. The van der Waals surface area contributed by atoms with Crippen molar-refractivity contribution in [3.63, 3.8) is 0 Å². The van der Waals surface area contributed by atoms with Crippen molar-refractivity contribution < 1.29 is 9.18 Å². The summed E-state index contributed by atoms with van der Waals surface area (Å²) < 4.78 is 14.3. The van der Waals surface area contributed by atoms with Crippen molar-refractivity contribution >= 4 is 27.3 Å². The zero-order valence-electron chi connectivity index (χ0n) is 14.6. The number of aryl methyl sites for hydroxylation is 2. The third-order valence-corrected chi connectivity index (χ3v) is 5.39. The number of aromatic amines is 1. The highest BCUT2D eigenvalue weighted by Crippen LogP contribution is 2.22. The molecule has 1 N–H and O–H groups in total. The van der Waals surface area contributed by atoms with E-state index in [9.17, 15) is 18.8 Å². The van der Waals surface area contributed by atoms with Gasteiger partial charge in [-0.25, -0.2) is 9.18 Å². The number of thiophene rings is 1. The number of hydrogen-bond acceptors (Lipinski definition) is 4. The quantitative estimate of drug-likeness (QED) is 0.672. The summed E-state index contributed by atoms with van der Waals surface area (Å²) in [6, 6.07) is 5.77. The van der Waals surface area contributed by atoms with Gasteiger partial charge in [0.25, 0.3) is 5.56 Å². The van der Waals surface area contributed by atoms with Crippen LogP contribution in [0.4, 0.5) is 4.39 Å². The summed E-state index contributed by atoms with van der Waals surface area (Å²) in [6.45, 7) is 3.26. The summed E-state index contributed by atoms with van der Waals surface area (Å²) in [4.78, 5) is 41.6. The molecule has 0 radical (unpaired) electrons. The first kappa shape index (κ1) is 18.3. The average Bonchev–Trinajstić information content (AvgIpc) is 3.01. The Kier molecular flexibility index (Phi) is 5.18. The number of rotatable bonds is 6. The number of H-pyrrole nitrogens is 1. The van der Waals surface area contributed by atoms with Crippen LogP contribution >= 0.6 is 11.3 Å². The van der Waals surface area contributed by atoms with Crippen molar-refractivity contribution in [3.05, 3.63) is 66.9 Å². The second-order valence-electron chi connectivity index (χ2n) is 6.27. The third-order valence-electron chi connectivity index (χ3n) is 4.28. The van der Waals surface area contributed by atoms with E-state index in [1.165, 1.54) is 29.5 Å². The number of unbranched alkanes of at least 4 members (excludes halogenated alkanes) is 1. The largest absolute Gasteiger partial charge is 0.329 e. The fourth-order valence-corrected chi connectivity index (χ4v) is 3.85. The lowest BCUT2D eigenvalue weighted by Gasteiger charge is -2.05. The molecule has 2 aromatic heterocycles. The lowest BCUT2D eigenvalue weighted by Crippen LogP contribution is -2.36. The Balaban J connectivity index is 1.96. The maximum absolute atomic E-state index is 13.4. The van der Waals surface area contributed by atoms with Crippen LogP contribution in [-0.4, -0.2) is 15.3 Å². The maximum Gasteiger partial charge on any atom is 0.329 e. The molecule has 0 unspecified atom stereocenters. The molecule has 3 rings (SSSR count). The van der Waals surface area contributed by atoms with Gasteiger partial charge < -0.3 is 0 Å². The van der Waals surface area contributed by atoms with E-state index in [4.69, 9.17) is 0 Å². The summed E-state index contributed by atoms with van der Waals surface area (Å²) in [6.07, 6.45) is 2.90. The van der Waals surface area contributed by atoms with Gasteiger partial charge in [-0.3, -0.25) is 19.1 Å². The van der Waals surface area contributed by atoms with Crippen LogP contribution in [0.25, 0.3) is 10.2 Å². The van der Waals surface area contributed by atoms with Gasteiger partial charge in [0.2, 0.25) is 0 Å². The number of carbonyl (C=O) groups excluding carboxylic acids is 1. The van der Waals surface area contributed by atoms with E-state index in [2.05, 4.69) is 11.9 Å². The Bertz CT molecular complexity index is 1090. The summed E-state index contributed by atoms with van der Waals surface area (Å²) in [7, 11) is 0. The van der Waals surface area contributed by atoms with Crippen LogP contribution in [0.15, 0.2) is 33.9 Å². The first-order valence-electron chi connectivity index (χ1n) is 8.45. The molecule has 1 aromatic carbocycles. The van der Waals surface area contributed by atoms with Crippen molar-refractivity contribution in [2.45, 2.75) is 39.7 Å². The van der Waals surface area contributed by atoms with Gasteiger partial charge in [-0.15, -0.1) is 11.3 Å². The van der Waals surface area contributed by atoms with Crippen molar-refractivity contribution in [2.75, 3.05) is 0 Å². The second kappa shape index (κ2) is 7.37. The maximum atomic E-state index is 13.4. The lowest BCUT2D eigenvalue weighted by molar-refractivity contribution is 0.0969. The van der Waals surface area contributed by atoms with Gasteiger partial charge in [0.15, 0.2) is 5.78 Å². The number of carbonyl (C=O) groups is 1. The summed E-state index contributed by atoms with van der Waals surface area (Å²) >= 11 is 1.40. The van der Waals surface area contributed by atoms with E-state index >= 15 is 0 Å². The van der Waals surface area contributed by atoms with Crippen molar-refractivity contribution in [1.82, 2.24) is 9.55 Å². The van der Waals surface area contributed by atoms with E-state index in [-0.39, 0.29) is 12.1 Å². The normalized spacial score (nSPS) is 11.2. The molecule has 3 aromatic rings. The molecule has 26 heavy (non-hydrogen) atoms. The zero-order valence-corrected chi connectivity index (χ0v) is 15.4. The molecular weight excluding hydrogens is 355 g/mol. The van der Waals surface area contributed by atoms with Crippen molar-refractivity contribution in [2.24, 2.45) is 0 Å². The van der Waals surface area contributed by atoms with E-state index in [0.29, 0.717) is 15.8 Å². The number of halogens is 1. The van der Waals surface area contributed by atoms with Crippen molar-refractivity contribution in [3.8, 4) is 0 Å².